The first kappa shape index (κ1) is 11.4. The Balaban J connectivity index is 2.96. The number of carbonyl (C=O) groups excluding carboxylic acids is 1. The standard InChI is InChI=1S/C14H16O/c1-3-4-6-14-11-12(2)8-9-13(14)7-5-10-15/h3,5,7-11H,1,4,6H2,2H3/b7-5+. The molecule has 0 radical (unpaired) electrons. The summed E-state index contributed by atoms with van der Waals surface area (Å²) < 4.78 is 0. The van der Waals surface area contributed by atoms with E-state index in [4.69, 9.17) is 0 Å². The lowest BCUT2D eigenvalue weighted by atomic mass is 10.00. The van der Waals surface area contributed by atoms with E-state index in [1.54, 1.807) is 0 Å². The molecule has 0 atom stereocenters. The zero-order valence-electron chi connectivity index (χ0n) is 9.07. The molecule has 1 aromatic carbocycles. The van der Waals surface area contributed by atoms with E-state index in [2.05, 4.69) is 25.6 Å². The molecule has 0 aliphatic carbocycles. The summed E-state index contributed by atoms with van der Waals surface area (Å²) in [5.41, 5.74) is 3.64. The third-order valence-corrected chi connectivity index (χ3v) is 2.27. The number of hydrogen-bond acceptors (Lipinski definition) is 1. The Bertz CT molecular complexity index is 375. The fraction of sp³-hybridized carbons (Fsp3) is 0.214. The summed E-state index contributed by atoms with van der Waals surface area (Å²) in [6.45, 7) is 5.79. The fourth-order valence-electron chi connectivity index (χ4n) is 1.51. The van der Waals surface area contributed by atoms with Gasteiger partial charge in [0.05, 0.1) is 0 Å². The average Bonchev–Trinajstić information content (AvgIpc) is 2.25. The quantitative estimate of drug-likeness (QED) is 0.405. The van der Waals surface area contributed by atoms with Crippen LogP contribution in [0.1, 0.15) is 23.1 Å². The Morgan fingerprint density at radius 3 is 2.87 bits per heavy atom. The summed E-state index contributed by atoms with van der Waals surface area (Å²) in [6, 6.07) is 6.27. The highest BCUT2D eigenvalue weighted by Gasteiger charge is 1.98. The van der Waals surface area contributed by atoms with Crippen molar-refractivity contribution in [2.45, 2.75) is 19.8 Å². The molecule has 0 spiro atoms. The predicted molar refractivity (Wildman–Crippen MR) is 64.8 cm³/mol. The molecule has 1 heteroatoms. The number of allylic oxidation sites excluding steroid dienone is 2. The molecule has 0 heterocycles. The minimum Gasteiger partial charge on any atom is -0.299 e. The van der Waals surface area contributed by atoms with E-state index >= 15 is 0 Å². The van der Waals surface area contributed by atoms with Crippen molar-refractivity contribution in [1.29, 1.82) is 0 Å². The van der Waals surface area contributed by atoms with Crippen molar-refractivity contribution in [3.8, 4) is 0 Å². The molecule has 0 aromatic heterocycles. The molecule has 0 saturated carbocycles. The largest absolute Gasteiger partial charge is 0.299 e. The molecule has 0 bridgehead atoms. The van der Waals surface area contributed by atoms with Crippen LogP contribution >= 0.6 is 0 Å². The summed E-state index contributed by atoms with van der Waals surface area (Å²) in [4.78, 5) is 10.3. The topological polar surface area (TPSA) is 17.1 Å². The monoisotopic (exact) mass is 200 g/mol. The molecule has 15 heavy (non-hydrogen) atoms. The van der Waals surface area contributed by atoms with Crippen LogP contribution < -0.4 is 0 Å². The Hall–Kier alpha value is -1.63. The average molecular weight is 200 g/mol. The minimum atomic E-state index is 0.803. The van der Waals surface area contributed by atoms with Crippen LogP contribution in [0.15, 0.2) is 36.9 Å². The summed E-state index contributed by atoms with van der Waals surface area (Å²) >= 11 is 0. The van der Waals surface area contributed by atoms with E-state index in [-0.39, 0.29) is 0 Å². The predicted octanol–water partition coefficient (Wildman–Crippen LogP) is 3.33. The van der Waals surface area contributed by atoms with Crippen LogP contribution in [0, 0.1) is 6.92 Å². The number of benzene rings is 1. The summed E-state index contributed by atoms with van der Waals surface area (Å²) in [5, 5.41) is 0. The second-order valence-electron chi connectivity index (χ2n) is 3.52. The normalized spacial score (nSPS) is 10.5. The van der Waals surface area contributed by atoms with Crippen LogP contribution in [0.3, 0.4) is 0 Å². The number of aryl methyl sites for hydroxylation is 2. The maximum absolute atomic E-state index is 10.3. The maximum Gasteiger partial charge on any atom is 0.142 e. The molecule has 0 aliphatic heterocycles. The molecule has 0 saturated heterocycles. The lowest BCUT2D eigenvalue weighted by molar-refractivity contribution is -0.104. The molecule has 0 N–H and O–H groups in total. The SMILES string of the molecule is C=CCCc1cc(C)ccc1/C=C/C=O. The van der Waals surface area contributed by atoms with Gasteiger partial charge in [-0.15, -0.1) is 6.58 Å². The minimum absolute atomic E-state index is 0.803. The highest BCUT2D eigenvalue weighted by Crippen LogP contribution is 2.15. The Labute approximate surface area is 91.1 Å². The summed E-state index contributed by atoms with van der Waals surface area (Å²) in [6.07, 6.45) is 8.04. The highest BCUT2D eigenvalue weighted by molar-refractivity contribution is 5.74. The fourth-order valence-corrected chi connectivity index (χ4v) is 1.51. The molecule has 0 unspecified atom stereocenters. The van der Waals surface area contributed by atoms with E-state index in [1.165, 1.54) is 17.2 Å². The van der Waals surface area contributed by atoms with E-state index < -0.39 is 0 Å². The van der Waals surface area contributed by atoms with Crippen molar-refractivity contribution in [3.63, 3.8) is 0 Å². The van der Waals surface area contributed by atoms with Crippen molar-refractivity contribution in [3.05, 3.63) is 53.6 Å². The number of aldehydes is 1. The Morgan fingerprint density at radius 2 is 2.20 bits per heavy atom. The van der Waals surface area contributed by atoms with Gasteiger partial charge in [-0.1, -0.05) is 35.9 Å². The van der Waals surface area contributed by atoms with E-state index in [0.717, 1.165) is 24.7 Å². The Kier molecular flexibility index (Phi) is 4.55. The van der Waals surface area contributed by atoms with E-state index in [1.807, 2.05) is 18.2 Å². The van der Waals surface area contributed by atoms with Crippen LogP contribution in [0.4, 0.5) is 0 Å². The van der Waals surface area contributed by atoms with Gasteiger partial charge in [0.15, 0.2) is 0 Å². The molecular formula is C14H16O. The van der Waals surface area contributed by atoms with Crippen LogP contribution in [-0.2, 0) is 11.2 Å². The highest BCUT2D eigenvalue weighted by atomic mass is 16.1. The molecule has 1 rings (SSSR count). The van der Waals surface area contributed by atoms with Crippen molar-refractivity contribution < 1.29 is 4.79 Å². The molecule has 0 aliphatic rings. The van der Waals surface area contributed by atoms with Gasteiger partial charge >= 0.3 is 0 Å². The molecule has 1 aromatic rings. The van der Waals surface area contributed by atoms with E-state index in [9.17, 15) is 4.79 Å². The zero-order chi connectivity index (χ0) is 11.1. The van der Waals surface area contributed by atoms with Crippen molar-refractivity contribution in [2.75, 3.05) is 0 Å². The van der Waals surface area contributed by atoms with Gasteiger partial charge in [0.1, 0.15) is 6.29 Å². The number of carbonyl (C=O) groups is 1. The van der Waals surface area contributed by atoms with Gasteiger partial charge in [0, 0.05) is 0 Å². The van der Waals surface area contributed by atoms with Gasteiger partial charge in [0.2, 0.25) is 0 Å². The molecule has 78 valence electrons. The van der Waals surface area contributed by atoms with Gasteiger partial charge in [0.25, 0.3) is 0 Å². The van der Waals surface area contributed by atoms with Crippen LogP contribution in [0.2, 0.25) is 0 Å². The van der Waals surface area contributed by atoms with Crippen molar-refractivity contribution in [2.24, 2.45) is 0 Å². The maximum atomic E-state index is 10.3. The summed E-state index contributed by atoms with van der Waals surface area (Å²) in [7, 11) is 0. The van der Waals surface area contributed by atoms with Crippen molar-refractivity contribution >= 4 is 12.4 Å². The molecule has 0 fully saturated rings. The first-order valence-electron chi connectivity index (χ1n) is 5.10. The smallest absolute Gasteiger partial charge is 0.142 e. The first-order valence-corrected chi connectivity index (χ1v) is 5.10. The Morgan fingerprint density at radius 1 is 1.40 bits per heavy atom. The van der Waals surface area contributed by atoms with Gasteiger partial charge in [-0.2, -0.15) is 0 Å². The van der Waals surface area contributed by atoms with Crippen LogP contribution in [-0.4, -0.2) is 6.29 Å². The molecular weight excluding hydrogens is 184 g/mol. The second kappa shape index (κ2) is 5.97. The van der Waals surface area contributed by atoms with Crippen LogP contribution in [0.25, 0.3) is 6.08 Å². The lowest BCUT2D eigenvalue weighted by Gasteiger charge is -2.05. The summed E-state index contributed by atoms with van der Waals surface area (Å²) in [5.74, 6) is 0. The van der Waals surface area contributed by atoms with Gasteiger partial charge in [-0.3, -0.25) is 4.79 Å². The third-order valence-electron chi connectivity index (χ3n) is 2.27. The molecule has 1 nitrogen and oxygen atoms in total. The molecule has 0 amide bonds. The lowest BCUT2D eigenvalue weighted by Crippen LogP contribution is -1.90. The zero-order valence-corrected chi connectivity index (χ0v) is 9.07. The van der Waals surface area contributed by atoms with Gasteiger partial charge in [-0.25, -0.2) is 0 Å². The number of rotatable bonds is 5. The number of hydrogen-bond donors (Lipinski definition) is 0. The van der Waals surface area contributed by atoms with E-state index in [0.29, 0.717) is 0 Å². The van der Waals surface area contributed by atoms with Gasteiger partial charge < -0.3 is 0 Å². The van der Waals surface area contributed by atoms with Gasteiger partial charge in [-0.05, 0) is 37.0 Å². The second-order valence-corrected chi connectivity index (χ2v) is 3.52. The first-order chi connectivity index (χ1) is 7.27. The van der Waals surface area contributed by atoms with Crippen LogP contribution in [0.5, 0.6) is 0 Å². The van der Waals surface area contributed by atoms with Crippen molar-refractivity contribution in [1.82, 2.24) is 0 Å². The third kappa shape index (κ3) is 3.55.